The monoisotopic (exact) mass is 266 g/mol. The molecule has 15 heavy (non-hydrogen) atoms. The van der Waals surface area contributed by atoms with E-state index in [0.717, 1.165) is 28.9 Å². The Morgan fingerprint density at radius 1 is 1.53 bits per heavy atom. The first-order chi connectivity index (χ1) is 7.33. The zero-order valence-electron chi connectivity index (χ0n) is 8.15. The lowest BCUT2D eigenvalue weighted by atomic mass is 10.2. The van der Waals surface area contributed by atoms with E-state index in [4.69, 9.17) is 0 Å². The highest BCUT2D eigenvalue weighted by Gasteiger charge is 2.20. The first-order valence-corrected chi connectivity index (χ1v) is 5.87. The van der Waals surface area contributed by atoms with E-state index < -0.39 is 0 Å². The molecule has 4 nitrogen and oxygen atoms in total. The van der Waals surface area contributed by atoms with Crippen molar-refractivity contribution in [2.24, 2.45) is 0 Å². The highest BCUT2D eigenvalue weighted by Crippen LogP contribution is 2.21. The largest absolute Gasteiger partial charge is 0.307 e. The number of fused-ring (bicyclic) bond motifs is 1. The number of rotatable bonds is 1. The van der Waals surface area contributed by atoms with Gasteiger partial charge in [-0.25, -0.2) is 9.50 Å². The molecular formula is C10H11BrN4. The maximum absolute atomic E-state index is 4.51. The van der Waals surface area contributed by atoms with Crippen molar-refractivity contribution in [1.29, 1.82) is 0 Å². The van der Waals surface area contributed by atoms with E-state index in [1.165, 1.54) is 6.42 Å². The van der Waals surface area contributed by atoms with Gasteiger partial charge in [0.1, 0.15) is 0 Å². The van der Waals surface area contributed by atoms with Crippen LogP contribution in [0.4, 0.5) is 0 Å². The van der Waals surface area contributed by atoms with Gasteiger partial charge in [-0.1, -0.05) is 15.9 Å². The SMILES string of the molecule is Brc1ccn2nc(C3CCCN3)nc2c1. The third-order valence-corrected chi connectivity index (χ3v) is 3.18. The van der Waals surface area contributed by atoms with E-state index in [-0.39, 0.29) is 0 Å². The van der Waals surface area contributed by atoms with Gasteiger partial charge in [0.05, 0.1) is 6.04 Å². The average Bonchev–Trinajstić information content (AvgIpc) is 2.84. The Hall–Kier alpha value is -0.940. The molecule has 0 aliphatic carbocycles. The van der Waals surface area contributed by atoms with Crippen molar-refractivity contribution in [1.82, 2.24) is 19.9 Å². The molecular weight excluding hydrogens is 256 g/mol. The fraction of sp³-hybridized carbons (Fsp3) is 0.400. The standard InChI is InChI=1S/C10H11BrN4/c11-7-3-5-15-9(6-7)13-10(14-15)8-2-1-4-12-8/h3,5-6,8,12H,1-2,4H2. The van der Waals surface area contributed by atoms with Crippen LogP contribution in [0.15, 0.2) is 22.8 Å². The Balaban J connectivity index is 2.05. The second-order valence-electron chi connectivity index (χ2n) is 3.77. The summed E-state index contributed by atoms with van der Waals surface area (Å²) in [6, 6.07) is 4.28. The molecule has 78 valence electrons. The second kappa shape index (κ2) is 3.57. The lowest BCUT2D eigenvalue weighted by Gasteiger charge is -2.02. The molecule has 1 saturated heterocycles. The normalized spacial score (nSPS) is 21.3. The summed E-state index contributed by atoms with van der Waals surface area (Å²) >= 11 is 3.43. The van der Waals surface area contributed by atoms with Gasteiger partial charge in [0.15, 0.2) is 11.5 Å². The number of hydrogen-bond acceptors (Lipinski definition) is 3. The van der Waals surface area contributed by atoms with E-state index in [1.54, 1.807) is 0 Å². The van der Waals surface area contributed by atoms with Crippen molar-refractivity contribution in [2.75, 3.05) is 6.54 Å². The lowest BCUT2D eigenvalue weighted by molar-refractivity contribution is 0.604. The van der Waals surface area contributed by atoms with Gasteiger partial charge in [-0.15, -0.1) is 5.10 Å². The fourth-order valence-electron chi connectivity index (χ4n) is 1.93. The molecule has 1 N–H and O–H groups in total. The highest BCUT2D eigenvalue weighted by atomic mass is 79.9. The van der Waals surface area contributed by atoms with Crippen molar-refractivity contribution >= 4 is 21.6 Å². The molecule has 2 aromatic rings. The van der Waals surface area contributed by atoms with Crippen molar-refractivity contribution in [3.05, 3.63) is 28.6 Å². The molecule has 0 saturated carbocycles. The van der Waals surface area contributed by atoms with Crippen LogP contribution in [0, 0.1) is 0 Å². The second-order valence-corrected chi connectivity index (χ2v) is 4.68. The van der Waals surface area contributed by atoms with E-state index in [9.17, 15) is 0 Å². The van der Waals surface area contributed by atoms with Crippen molar-refractivity contribution in [3.8, 4) is 0 Å². The molecule has 0 amide bonds. The molecule has 0 aromatic carbocycles. The molecule has 5 heteroatoms. The van der Waals surface area contributed by atoms with Crippen LogP contribution < -0.4 is 5.32 Å². The van der Waals surface area contributed by atoms with Gasteiger partial charge in [-0.05, 0) is 31.5 Å². The van der Waals surface area contributed by atoms with Crippen molar-refractivity contribution in [3.63, 3.8) is 0 Å². The third-order valence-electron chi connectivity index (χ3n) is 2.69. The minimum Gasteiger partial charge on any atom is -0.307 e. The predicted molar refractivity (Wildman–Crippen MR) is 60.7 cm³/mol. The minimum absolute atomic E-state index is 0.337. The molecule has 1 atom stereocenters. The molecule has 3 heterocycles. The van der Waals surface area contributed by atoms with E-state index in [1.807, 2.05) is 22.8 Å². The Labute approximate surface area is 95.8 Å². The number of pyridine rings is 1. The summed E-state index contributed by atoms with van der Waals surface area (Å²) in [6.07, 6.45) is 4.27. The Morgan fingerprint density at radius 3 is 3.27 bits per heavy atom. The smallest absolute Gasteiger partial charge is 0.168 e. The van der Waals surface area contributed by atoms with E-state index in [0.29, 0.717) is 6.04 Å². The first-order valence-electron chi connectivity index (χ1n) is 5.08. The van der Waals surface area contributed by atoms with Crippen molar-refractivity contribution < 1.29 is 0 Å². The van der Waals surface area contributed by atoms with Crippen LogP contribution in [0.3, 0.4) is 0 Å². The van der Waals surface area contributed by atoms with Gasteiger partial charge in [-0.2, -0.15) is 0 Å². The molecule has 0 bridgehead atoms. The minimum atomic E-state index is 0.337. The molecule has 0 spiro atoms. The summed E-state index contributed by atoms with van der Waals surface area (Å²) in [4.78, 5) is 4.51. The van der Waals surface area contributed by atoms with Crippen LogP contribution in [0.1, 0.15) is 24.7 Å². The van der Waals surface area contributed by atoms with Gasteiger partial charge in [0.2, 0.25) is 0 Å². The summed E-state index contributed by atoms with van der Waals surface area (Å²) in [6.45, 7) is 1.07. The van der Waals surface area contributed by atoms with E-state index >= 15 is 0 Å². The number of nitrogens with one attached hydrogen (secondary N) is 1. The Kier molecular flexibility index (Phi) is 2.21. The third kappa shape index (κ3) is 1.66. The molecule has 1 fully saturated rings. The van der Waals surface area contributed by atoms with Crippen LogP contribution in [0.2, 0.25) is 0 Å². The Morgan fingerprint density at radius 2 is 2.47 bits per heavy atom. The summed E-state index contributed by atoms with van der Waals surface area (Å²) in [5.41, 5.74) is 0.896. The lowest BCUT2D eigenvalue weighted by Crippen LogP contribution is -2.14. The highest BCUT2D eigenvalue weighted by molar-refractivity contribution is 9.10. The van der Waals surface area contributed by atoms with Crippen LogP contribution in [0.5, 0.6) is 0 Å². The summed E-state index contributed by atoms with van der Waals surface area (Å²) in [5, 5.41) is 7.86. The molecule has 0 radical (unpaired) electrons. The number of hydrogen-bond donors (Lipinski definition) is 1. The number of halogens is 1. The van der Waals surface area contributed by atoms with Crippen LogP contribution in [0.25, 0.3) is 5.65 Å². The molecule has 2 aromatic heterocycles. The summed E-state index contributed by atoms with van der Waals surface area (Å²) in [7, 11) is 0. The van der Waals surface area contributed by atoms with Crippen LogP contribution >= 0.6 is 15.9 Å². The zero-order valence-corrected chi connectivity index (χ0v) is 9.74. The van der Waals surface area contributed by atoms with Gasteiger partial charge < -0.3 is 5.32 Å². The quantitative estimate of drug-likeness (QED) is 0.858. The number of aromatic nitrogens is 3. The maximum atomic E-state index is 4.51. The van der Waals surface area contributed by atoms with Gasteiger partial charge in [-0.3, -0.25) is 0 Å². The number of nitrogens with zero attached hydrogens (tertiary/aromatic N) is 3. The molecule has 1 unspecified atom stereocenters. The summed E-state index contributed by atoms with van der Waals surface area (Å²) in [5.74, 6) is 0.908. The maximum Gasteiger partial charge on any atom is 0.168 e. The fourth-order valence-corrected chi connectivity index (χ4v) is 2.25. The van der Waals surface area contributed by atoms with E-state index in [2.05, 4.69) is 31.3 Å². The van der Waals surface area contributed by atoms with Crippen molar-refractivity contribution in [2.45, 2.75) is 18.9 Å². The van der Waals surface area contributed by atoms with Gasteiger partial charge in [0.25, 0.3) is 0 Å². The molecule has 1 aliphatic heterocycles. The zero-order chi connectivity index (χ0) is 10.3. The topological polar surface area (TPSA) is 42.2 Å². The van der Waals surface area contributed by atoms with Gasteiger partial charge >= 0.3 is 0 Å². The van der Waals surface area contributed by atoms with Gasteiger partial charge in [0, 0.05) is 10.7 Å². The van der Waals surface area contributed by atoms with Crippen LogP contribution in [-0.2, 0) is 0 Å². The summed E-state index contributed by atoms with van der Waals surface area (Å²) < 4.78 is 2.86. The Bertz CT molecular complexity index is 487. The van der Waals surface area contributed by atoms with Crippen LogP contribution in [-0.4, -0.2) is 21.1 Å². The molecule has 3 rings (SSSR count). The molecule has 1 aliphatic rings. The first kappa shape index (κ1) is 9.30. The predicted octanol–water partition coefficient (Wildman–Crippen LogP) is 1.92. The average molecular weight is 267 g/mol.